The van der Waals surface area contributed by atoms with Crippen LogP contribution in [0.25, 0.3) is 0 Å². The van der Waals surface area contributed by atoms with Gasteiger partial charge in [0.1, 0.15) is 0 Å². The summed E-state index contributed by atoms with van der Waals surface area (Å²) in [7, 11) is 3.22. The lowest BCUT2D eigenvalue weighted by atomic mass is 10.1. The van der Waals surface area contributed by atoms with Gasteiger partial charge in [0.2, 0.25) is 0 Å². The normalized spacial score (nSPS) is 14.2. The van der Waals surface area contributed by atoms with Crippen LogP contribution in [0.1, 0.15) is 41.6 Å². The van der Waals surface area contributed by atoms with Gasteiger partial charge in [-0.25, -0.2) is 0 Å². The number of carbonyl (C=O) groups excluding carboxylic acids is 1. The fourth-order valence-corrected chi connectivity index (χ4v) is 3.21. The second-order valence-corrected chi connectivity index (χ2v) is 6.43. The number of ether oxygens (including phenoxy) is 3. The number of nitrogens with one attached hydrogen (secondary N) is 1. The molecule has 0 bridgehead atoms. The number of methoxy groups -OCH3 is 2. The van der Waals surface area contributed by atoms with Gasteiger partial charge in [-0.2, -0.15) is 0 Å². The second kappa shape index (κ2) is 8.72. The second-order valence-electron chi connectivity index (χ2n) is 6.43. The summed E-state index contributed by atoms with van der Waals surface area (Å²) in [5, 5.41) is 2.94. The summed E-state index contributed by atoms with van der Waals surface area (Å²) in [5.41, 5.74) is 2.19. The molecule has 0 atom stereocenters. The number of benzene rings is 2. The Bertz CT molecular complexity index is 753. The summed E-state index contributed by atoms with van der Waals surface area (Å²) < 4.78 is 16.6. The molecule has 5 heteroatoms. The van der Waals surface area contributed by atoms with Crippen molar-refractivity contribution in [2.75, 3.05) is 19.5 Å². The molecule has 0 aromatic heterocycles. The third-order valence-electron chi connectivity index (χ3n) is 4.59. The van der Waals surface area contributed by atoms with Crippen molar-refractivity contribution in [2.24, 2.45) is 0 Å². The average molecular weight is 355 g/mol. The minimum atomic E-state index is -0.195. The van der Waals surface area contributed by atoms with Crippen LogP contribution in [0.2, 0.25) is 0 Å². The van der Waals surface area contributed by atoms with Crippen LogP contribution in [0.15, 0.2) is 42.5 Å². The Balaban J connectivity index is 1.75. The van der Waals surface area contributed by atoms with E-state index in [9.17, 15) is 4.79 Å². The van der Waals surface area contributed by atoms with Crippen molar-refractivity contribution >= 4 is 11.6 Å². The molecule has 1 amide bonds. The molecule has 1 aliphatic rings. The molecule has 2 aromatic carbocycles. The standard InChI is InChI=1S/C21H25NO4/c1-24-14-16-7-3-6-10-18(16)22-21(23)15-11-12-19(20(13-15)25-2)26-17-8-4-5-9-17/h3,6-7,10-13,17H,4-5,8-9,14H2,1-2H3,(H,22,23). The summed E-state index contributed by atoms with van der Waals surface area (Å²) in [6.45, 7) is 0.438. The van der Waals surface area contributed by atoms with Gasteiger partial charge in [0.15, 0.2) is 11.5 Å². The summed E-state index contributed by atoms with van der Waals surface area (Å²) in [6.07, 6.45) is 4.79. The van der Waals surface area contributed by atoms with Crippen molar-refractivity contribution < 1.29 is 19.0 Å². The Hall–Kier alpha value is -2.53. The molecule has 0 spiro atoms. The third kappa shape index (κ3) is 4.35. The van der Waals surface area contributed by atoms with Gasteiger partial charge >= 0.3 is 0 Å². The van der Waals surface area contributed by atoms with E-state index in [2.05, 4.69) is 5.32 Å². The van der Waals surface area contributed by atoms with Gasteiger partial charge in [0.05, 0.1) is 19.8 Å². The van der Waals surface area contributed by atoms with Crippen LogP contribution in [-0.2, 0) is 11.3 Å². The lowest BCUT2D eigenvalue weighted by Gasteiger charge is -2.17. The molecule has 1 aliphatic carbocycles. The SMILES string of the molecule is COCc1ccccc1NC(=O)c1ccc(OC2CCCC2)c(OC)c1. The highest BCUT2D eigenvalue weighted by Crippen LogP contribution is 2.32. The van der Waals surface area contributed by atoms with Crippen molar-refractivity contribution in [1.29, 1.82) is 0 Å². The number of para-hydroxylation sites is 1. The first-order chi connectivity index (χ1) is 12.7. The van der Waals surface area contributed by atoms with Gasteiger partial charge in [0, 0.05) is 23.9 Å². The number of anilines is 1. The van der Waals surface area contributed by atoms with Crippen LogP contribution in [0.5, 0.6) is 11.5 Å². The van der Waals surface area contributed by atoms with Gasteiger partial charge in [-0.1, -0.05) is 18.2 Å². The predicted octanol–water partition coefficient (Wildman–Crippen LogP) is 4.42. The third-order valence-corrected chi connectivity index (χ3v) is 4.59. The fourth-order valence-electron chi connectivity index (χ4n) is 3.21. The van der Waals surface area contributed by atoms with Gasteiger partial charge in [-0.3, -0.25) is 4.79 Å². The van der Waals surface area contributed by atoms with Gasteiger partial charge < -0.3 is 19.5 Å². The Morgan fingerprint density at radius 1 is 1.08 bits per heavy atom. The number of carbonyl (C=O) groups is 1. The van der Waals surface area contributed by atoms with Crippen LogP contribution >= 0.6 is 0 Å². The van der Waals surface area contributed by atoms with Crippen molar-refractivity contribution in [1.82, 2.24) is 0 Å². The molecule has 0 unspecified atom stereocenters. The van der Waals surface area contributed by atoms with Crippen molar-refractivity contribution in [3.8, 4) is 11.5 Å². The smallest absolute Gasteiger partial charge is 0.255 e. The maximum Gasteiger partial charge on any atom is 0.255 e. The first kappa shape index (κ1) is 18.3. The summed E-state index contributed by atoms with van der Waals surface area (Å²) in [5.74, 6) is 1.07. The monoisotopic (exact) mass is 355 g/mol. The van der Waals surface area contributed by atoms with E-state index in [-0.39, 0.29) is 12.0 Å². The molecule has 3 rings (SSSR count). The first-order valence-electron chi connectivity index (χ1n) is 8.94. The summed E-state index contributed by atoms with van der Waals surface area (Å²) >= 11 is 0. The minimum absolute atomic E-state index is 0.195. The van der Waals surface area contributed by atoms with Crippen LogP contribution in [-0.4, -0.2) is 26.2 Å². The van der Waals surface area contributed by atoms with Crippen molar-refractivity contribution in [3.05, 3.63) is 53.6 Å². The Morgan fingerprint density at radius 2 is 1.85 bits per heavy atom. The minimum Gasteiger partial charge on any atom is -0.493 e. The van der Waals surface area contributed by atoms with Crippen molar-refractivity contribution in [2.45, 2.75) is 38.4 Å². The summed E-state index contributed by atoms with van der Waals surface area (Å²) in [6, 6.07) is 12.9. The molecule has 1 N–H and O–H groups in total. The lowest BCUT2D eigenvalue weighted by molar-refractivity contribution is 0.102. The van der Waals surface area contributed by atoms with Crippen LogP contribution in [0.4, 0.5) is 5.69 Å². The zero-order chi connectivity index (χ0) is 18.4. The zero-order valence-corrected chi connectivity index (χ0v) is 15.3. The highest BCUT2D eigenvalue weighted by atomic mass is 16.5. The van der Waals surface area contributed by atoms with Crippen molar-refractivity contribution in [3.63, 3.8) is 0 Å². The number of amides is 1. The fraction of sp³-hybridized carbons (Fsp3) is 0.381. The van der Waals surface area contributed by atoms with Crippen LogP contribution in [0, 0.1) is 0 Å². The number of rotatable bonds is 7. The molecular formula is C21H25NO4. The molecule has 1 fully saturated rings. The molecular weight excluding hydrogens is 330 g/mol. The van der Waals surface area contributed by atoms with Gasteiger partial charge in [-0.05, 0) is 49.9 Å². The van der Waals surface area contributed by atoms with E-state index in [1.165, 1.54) is 12.8 Å². The highest BCUT2D eigenvalue weighted by molar-refractivity contribution is 6.05. The average Bonchev–Trinajstić information content (AvgIpc) is 3.17. The van der Waals surface area contributed by atoms with E-state index < -0.39 is 0 Å². The van der Waals surface area contributed by atoms with Gasteiger partial charge in [0.25, 0.3) is 5.91 Å². The van der Waals surface area contributed by atoms with E-state index in [1.54, 1.807) is 26.4 Å². The lowest BCUT2D eigenvalue weighted by Crippen LogP contribution is -2.15. The zero-order valence-electron chi connectivity index (χ0n) is 15.3. The highest BCUT2D eigenvalue weighted by Gasteiger charge is 2.19. The Kier molecular flexibility index (Phi) is 6.12. The molecule has 2 aromatic rings. The quantitative estimate of drug-likeness (QED) is 0.799. The van der Waals surface area contributed by atoms with E-state index in [0.29, 0.717) is 23.7 Å². The topological polar surface area (TPSA) is 56.8 Å². The summed E-state index contributed by atoms with van der Waals surface area (Å²) in [4.78, 5) is 12.6. The van der Waals surface area contributed by atoms with E-state index in [1.807, 2.05) is 30.3 Å². The molecule has 0 heterocycles. The van der Waals surface area contributed by atoms with E-state index in [4.69, 9.17) is 14.2 Å². The van der Waals surface area contributed by atoms with Crippen LogP contribution < -0.4 is 14.8 Å². The maximum atomic E-state index is 12.6. The van der Waals surface area contributed by atoms with E-state index in [0.717, 1.165) is 24.1 Å². The Labute approximate surface area is 154 Å². The number of hydrogen-bond acceptors (Lipinski definition) is 4. The molecule has 0 saturated heterocycles. The molecule has 138 valence electrons. The molecule has 0 radical (unpaired) electrons. The maximum absolute atomic E-state index is 12.6. The molecule has 5 nitrogen and oxygen atoms in total. The van der Waals surface area contributed by atoms with Gasteiger partial charge in [-0.15, -0.1) is 0 Å². The first-order valence-corrected chi connectivity index (χ1v) is 8.94. The molecule has 1 saturated carbocycles. The predicted molar refractivity (Wildman–Crippen MR) is 101 cm³/mol. The Morgan fingerprint density at radius 3 is 2.58 bits per heavy atom. The van der Waals surface area contributed by atoms with E-state index >= 15 is 0 Å². The number of hydrogen-bond donors (Lipinski definition) is 1. The molecule has 0 aliphatic heterocycles. The molecule has 26 heavy (non-hydrogen) atoms. The van der Waals surface area contributed by atoms with Crippen LogP contribution in [0.3, 0.4) is 0 Å². The largest absolute Gasteiger partial charge is 0.493 e.